The molecule has 1 amide bonds. The van der Waals surface area contributed by atoms with Crippen molar-refractivity contribution in [3.63, 3.8) is 0 Å². The molecule has 1 saturated carbocycles. The van der Waals surface area contributed by atoms with Gasteiger partial charge in [0, 0.05) is 36.2 Å². The number of methoxy groups -OCH3 is 1. The molecule has 0 radical (unpaired) electrons. The van der Waals surface area contributed by atoms with E-state index in [0.29, 0.717) is 26.0 Å². The summed E-state index contributed by atoms with van der Waals surface area (Å²) < 4.78 is 18.4. The Morgan fingerprint density at radius 2 is 2.03 bits per heavy atom. The summed E-state index contributed by atoms with van der Waals surface area (Å²) in [6.45, 7) is 3.14. The van der Waals surface area contributed by atoms with Crippen LogP contribution in [0.2, 0.25) is 0 Å². The Morgan fingerprint density at radius 1 is 1.24 bits per heavy atom. The van der Waals surface area contributed by atoms with Crippen LogP contribution in [0.15, 0.2) is 24.3 Å². The Balaban J connectivity index is 1.36. The number of aromatic amines is 1. The lowest BCUT2D eigenvalue weighted by Crippen LogP contribution is -2.53. The topological polar surface area (TPSA) is 80.9 Å². The summed E-state index contributed by atoms with van der Waals surface area (Å²) in [5.74, 6) is -1.16. The van der Waals surface area contributed by atoms with E-state index in [1.165, 1.54) is 13.5 Å². The zero-order valence-corrected chi connectivity index (χ0v) is 20.2. The van der Waals surface area contributed by atoms with Crippen molar-refractivity contribution in [1.29, 1.82) is 0 Å². The summed E-state index contributed by atoms with van der Waals surface area (Å²) in [6.07, 6.45) is 7.76. The normalized spacial score (nSPS) is 32.2. The van der Waals surface area contributed by atoms with Gasteiger partial charge in [0.2, 0.25) is 5.91 Å². The molecule has 4 aliphatic rings. The zero-order chi connectivity index (χ0) is 23.6. The Hall–Kier alpha value is -2.38. The second-order valence-electron chi connectivity index (χ2n) is 10.6. The van der Waals surface area contributed by atoms with Crippen LogP contribution in [0.5, 0.6) is 0 Å². The number of hydrogen-bond donors (Lipinski definition) is 1. The Kier molecular flexibility index (Phi) is 5.08. The van der Waals surface area contributed by atoms with E-state index in [-0.39, 0.29) is 17.8 Å². The lowest BCUT2D eigenvalue weighted by Gasteiger charge is -2.39. The molecule has 2 saturated heterocycles. The standard InChI is InChI=1S/C27H34N2O5/c1-3-25(17-33-26(34-25)12-7-4-8-13-26)15-18-16-27(24(31)32-2)22-20(11-14-29(27)23(18)30)19-9-5-6-10-21(19)28-22/h5-6,9-10,18,28H,3-4,7-8,11-17H2,1-2H3/t18-,25+,27+/m0/s1. The third-order valence-electron chi connectivity index (χ3n) is 8.83. The highest BCUT2D eigenvalue weighted by molar-refractivity contribution is 5.97. The molecule has 6 rings (SSSR count). The number of para-hydroxylation sites is 1. The lowest BCUT2D eigenvalue weighted by atomic mass is 9.80. The number of carbonyl (C=O) groups excluding carboxylic acids is 2. The van der Waals surface area contributed by atoms with Crippen LogP contribution in [0.25, 0.3) is 10.9 Å². The largest absolute Gasteiger partial charge is 0.467 e. The molecule has 1 N–H and O–H groups in total. The van der Waals surface area contributed by atoms with Crippen molar-refractivity contribution in [3.05, 3.63) is 35.5 Å². The Bertz CT molecular complexity index is 1140. The maximum atomic E-state index is 13.8. The van der Waals surface area contributed by atoms with Gasteiger partial charge in [-0.25, -0.2) is 4.79 Å². The van der Waals surface area contributed by atoms with E-state index in [9.17, 15) is 9.59 Å². The number of amides is 1. The van der Waals surface area contributed by atoms with Gasteiger partial charge < -0.3 is 24.1 Å². The van der Waals surface area contributed by atoms with E-state index in [2.05, 4.69) is 18.0 Å². The first-order chi connectivity index (χ1) is 16.5. The van der Waals surface area contributed by atoms with Crippen LogP contribution in [-0.4, -0.2) is 53.4 Å². The number of ether oxygens (including phenoxy) is 3. The van der Waals surface area contributed by atoms with Gasteiger partial charge in [-0.3, -0.25) is 4.79 Å². The van der Waals surface area contributed by atoms with E-state index in [1.54, 1.807) is 4.90 Å². The van der Waals surface area contributed by atoms with Crippen molar-refractivity contribution < 1.29 is 23.8 Å². The van der Waals surface area contributed by atoms with Gasteiger partial charge in [0.15, 0.2) is 11.3 Å². The van der Waals surface area contributed by atoms with Crippen molar-refractivity contribution in [2.24, 2.45) is 5.92 Å². The minimum Gasteiger partial charge on any atom is -0.467 e. The van der Waals surface area contributed by atoms with Gasteiger partial charge in [-0.15, -0.1) is 0 Å². The number of hydrogen-bond acceptors (Lipinski definition) is 5. The maximum absolute atomic E-state index is 13.8. The van der Waals surface area contributed by atoms with Gasteiger partial charge in [-0.1, -0.05) is 31.5 Å². The minimum absolute atomic E-state index is 0.0238. The van der Waals surface area contributed by atoms with E-state index in [1.807, 2.05) is 18.2 Å². The van der Waals surface area contributed by atoms with Crippen molar-refractivity contribution in [2.75, 3.05) is 20.3 Å². The second kappa shape index (κ2) is 7.82. The molecule has 2 aromatic rings. The fourth-order valence-electron chi connectivity index (χ4n) is 7.08. The number of nitrogens with one attached hydrogen (secondary N) is 1. The highest BCUT2D eigenvalue weighted by atomic mass is 16.8. The summed E-state index contributed by atoms with van der Waals surface area (Å²) in [4.78, 5) is 32.5. The first kappa shape index (κ1) is 22.1. The van der Waals surface area contributed by atoms with Crippen molar-refractivity contribution in [3.8, 4) is 0 Å². The van der Waals surface area contributed by atoms with E-state index in [4.69, 9.17) is 14.2 Å². The predicted molar refractivity (Wildman–Crippen MR) is 126 cm³/mol. The van der Waals surface area contributed by atoms with Gasteiger partial charge in [0.25, 0.3) is 0 Å². The van der Waals surface area contributed by atoms with E-state index >= 15 is 0 Å². The number of nitrogens with zero attached hydrogens (tertiary/aromatic N) is 1. The van der Waals surface area contributed by atoms with Gasteiger partial charge in [-0.2, -0.15) is 0 Å². The van der Waals surface area contributed by atoms with Crippen molar-refractivity contribution >= 4 is 22.8 Å². The molecule has 182 valence electrons. The molecule has 3 fully saturated rings. The quantitative estimate of drug-likeness (QED) is 0.684. The smallest absolute Gasteiger partial charge is 0.338 e. The zero-order valence-electron chi connectivity index (χ0n) is 20.2. The molecule has 7 heteroatoms. The number of rotatable bonds is 4. The van der Waals surface area contributed by atoms with Crippen LogP contribution in [-0.2, 0) is 35.8 Å². The summed E-state index contributed by atoms with van der Waals surface area (Å²) in [7, 11) is 1.41. The molecule has 3 aliphatic heterocycles. The highest BCUT2D eigenvalue weighted by Gasteiger charge is 2.62. The molecule has 4 heterocycles. The highest BCUT2D eigenvalue weighted by Crippen LogP contribution is 2.52. The fourth-order valence-corrected chi connectivity index (χ4v) is 7.08. The summed E-state index contributed by atoms with van der Waals surface area (Å²) in [5.41, 5.74) is 1.33. The number of esters is 1. The third kappa shape index (κ3) is 3.02. The molecule has 1 aromatic carbocycles. The molecule has 0 bridgehead atoms. The van der Waals surface area contributed by atoms with Crippen molar-refractivity contribution in [1.82, 2.24) is 9.88 Å². The molecular formula is C27H34N2O5. The van der Waals surface area contributed by atoms with Crippen LogP contribution in [0.4, 0.5) is 0 Å². The van der Waals surface area contributed by atoms with E-state index in [0.717, 1.165) is 60.7 Å². The van der Waals surface area contributed by atoms with E-state index < -0.39 is 16.9 Å². The summed E-state index contributed by atoms with van der Waals surface area (Å²) >= 11 is 0. The number of carbonyl (C=O) groups is 2. The van der Waals surface area contributed by atoms with Gasteiger partial charge >= 0.3 is 5.97 Å². The lowest BCUT2D eigenvalue weighted by molar-refractivity contribution is -0.208. The number of fused-ring (bicyclic) bond motifs is 5. The number of benzene rings is 1. The Labute approximate surface area is 200 Å². The molecular weight excluding hydrogens is 432 g/mol. The SMILES string of the molecule is CC[C@@]1(C[C@H]2C[C@]3(C(=O)OC)c4[nH]c5ccccc5c4CCN3C2=O)COC2(CCCCC2)O1. The molecule has 0 unspecified atom stereocenters. The molecule has 34 heavy (non-hydrogen) atoms. The predicted octanol–water partition coefficient (Wildman–Crippen LogP) is 4.19. The summed E-state index contributed by atoms with van der Waals surface area (Å²) in [6, 6.07) is 8.11. The number of H-pyrrole nitrogens is 1. The van der Waals surface area contributed by atoms with Crippen LogP contribution < -0.4 is 0 Å². The van der Waals surface area contributed by atoms with Gasteiger partial charge in [-0.05, 0) is 50.2 Å². The Morgan fingerprint density at radius 3 is 2.79 bits per heavy atom. The number of aromatic nitrogens is 1. The van der Waals surface area contributed by atoms with Crippen LogP contribution in [0, 0.1) is 5.92 Å². The van der Waals surface area contributed by atoms with Crippen LogP contribution in [0.3, 0.4) is 0 Å². The first-order valence-corrected chi connectivity index (χ1v) is 12.8. The second-order valence-corrected chi connectivity index (χ2v) is 10.6. The van der Waals surface area contributed by atoms with Crippen LogP contribution in [0.1, 0.15) is 69.5 Å². The van der Waals surface area contributed by atoms with Gasteiger partial charge in [0.1, 0.15) is 0 Å². The molecule has 1 aromatic heterocycles. The summed E-state index contributed by atoms with van der Waals surface area (Å²) in [5, 5.41) is 1.12. The third-order valence-corrected chi connectivity index (χ3v) is 8.83. The molecule has 7 nitrogen and oxygen atoms in total. The molecule has 1 aliphatic carbocycles. The van der Waals surface area contributed by atoms with Gasteiger partial charge in [0.05, 0.1) is 25.0 Å². The first-order valence-electron chi connectivity index (χ1n) is 12.8. The maximum Gasteiger partial charge on any atom is 0.338 e. The molecule has 3 atom stereocenters. The minimum atomic E-state index is -1.11. The van der Waals surface area contributed by atoms with Crippen LogP contribution >= 0.6 is 0 Å². The average Bonchev–Trinajstić information content (AvgIpc) is 3.51. The fraction of sp³-hybridized carbons (Fsp3) is 0.630. The average molecular weight is 467 g/mol. The van der Waals surface area contributed by atoms with Crippen molar-refractivity contribution in [2.45, 2.75) is 81.6 Å². The monoisotopic (exact) mass is 466 g/mol. The molecule has 1 spiro atoms.